The summed E-state index contributed by atoms with van der Waals surface area (Å²) in [6, 6.07) is 5.93. The molecule has 0 radical (unpaired) electrons. The van der Waals surface area contributed by atoms with Gasteiger partial charge in [-0.3, -0.25) is 0 Å². The van der Waals surface area contributed by atoms with Crippen LogP contribution in [-0.2, 0) is 0 Å². The van der Waals surface area contributed by atoms with E-state index >= 15 is 0 Å². The first-order chi connectivity index (χ1) is 8.65. The summed E-state index contributed by atoms with van der Waals surface area (Å²) in [6.45, 7) is 3.99. The fourth-order valence-corrected chi connectivity index (χ4v) is 2.61. The number of hydrogen-bond acceptors (Lipinski definition) is 5. The predicted octanol–water partition coefficient (Wildman–Crippen LogP) is 2.95. The topological polar surface area (TPSA) is 64.7 Å². The zero-order valence-corrected chi connectivity index (χ0v) is 11.0. The second-order valence-corrected chi connectivity index (χ2v) is 5.38. The van der Waals surface area contributed by atoms with E-state index < -0.39 is 0 Å². The smallest absolute Gasteiger partial charge is 0.173 e. The number of nitrogens with zero attached hydrogens (tertiary/aromatic N) is 3. The van der Waals surface area contributed by atoms with Gasteiger partial charge in [-0.25, -0.2) is 15.0 Å². The highest BCUT2D eigenvalue weighted by Gasteiger charge is 2.10. The van der Waals surface area contributed by atoms with Crippen molar-refractivity contribution in [2.24, 2.45) is 0 Å². The van der Waals surface area contributed by atoms with Crippen molar-refractivity contribution < 1.29 is 0 Å². The quantitative estimate of drug-likeness (QED) is 0.727. The Kier molecular flexibility index (Phi) is 2.48. The molecule has 0 atom stereocenters. The number of nitrogens with two attached hydrogens (primary N) is 1. The van der Waals surface area contributed by atoms with Crippen LogP contribution in [0, 0.1) is 13.8 Å². The van der Waals surface area contributed by atoms with Gasteiger partial charge in [0.1, 0.15) is 5.82 Å². The molecule has 0 amide bonds. The van der Waals surface area contributed by atoms with Gasteiger partial charge >= 0.3 is 0 Å². The molecular formula is C13H12N4S. The largest absolute Gasteiger partial charge is 0.383 e. The van der Waals surface area contributed by atoms with Crippen LogP contribution in [0.4, 0.5) is 5.82 Å². The summed E-state index contributed by atoms with van der Waals surface area (Å²) < 4.78 is 0. The maximum Gasteiger partial charge on any atom is 0.173 e. The first-order valence-corrected chi connectivity index (χ1v) is 6.42. The molecule has 0 aliphatic rings. The molecule has 3 rings (SSSR count). The lowest BCUT2D eigenvalue weighted by molar-refractivity contribution is 1.22. The van der Waals surface area contributed by atoms with E-state index in [0.717, 1.165) is 26.4 Å². The molecule has 5 heteroatoms. The summed E-state index contributed by atoms with van der Waals surface area (Å²) in [6.07, 6.45) is 1.79. The number of rotatable bonds is 1. The fraction of sp³-hybridized carbons (Fsp3) is 0.154. The summed E-state index contributed by atoms with van der Waals surface area (Å²) >= 11 is 1.57. The highest BCUT2D eigenvalue weighted by atomic mass is 32.1. The van der Waals surface area contributed by atoms with Crippen LogP contribution in [-0.4, -0.2) is 15.0 Å². The van der Waals surface area contributed by atoms with Gasteiger partial charge in [0.05, 0.1) is 15.4 Å². The van der Waals surface area contributed by atoms with Crippen LogP contribution >= 0.6 is 11.3 Å². The number of fused-ring (bicyclic) bond motifs is 1. The molecule has 3 aromatic rings. The normalized spacial score (nSPS) is 11.0. The minimum absolute atomic E-state index is 0.518. The van der Waals surface area contributed by atoms with Gasteiger partial charge in [0.25, 0.3) is 0 Å². The van der Waals surface area contributed by atoms with Gasteiger partial charge in [-0.1, -0.05) is 12.1 Å². The molecule has 2 aromatic heterocycles. The number of thiazole rings is 1. The summed E-state index contributed by atoms with van der Waals surface area (Å²) in [5.74, 6) is 1.17. The molecule has 4 nitrogen and oxygen atoms in total. The van der Waals surface area contributed by atoms with Crippen LogP contribution in [0.2, 0.25) is 0 Å². The highest BCUT2D eigenvalue weighted by Crippen LogP contribution is 2.27. The number of hydrogen-bond donors (Lipinski definition) is 1. The predicted molar refractivity (Wildman–Crippen MR) is 74.5 cm³/mol. The molecule has 90 valence electrons. The van der Waals surface area contributed by atoms with Crippen LogP contribution < -0.4 is 5.73 Å². The summed E-state index contributed by atoms with van der Waals surface area (Å²) in [5, 5.41) is 1.90. The van der Waals surface area contributed by atoms with Gasteiger partial charge < -0.3 is 5.73 Å². The molecule has 0 saturated heterocycles. The number of nitrogen functional groups attached to an aromatic ring is 1. The second kappa shape index (κ2) is 4.03. The zero-order chi connectivity index (χ0) is 12.7. The van der Waals surface area contributed by atoms with Gasteiger partial charge in [0.15, 0.2) is 5.82 Å². The van der Waals surface area contributed by atoms with Gasteiger partial charge in [-0.2, -0.15) is 0 Å². The number of aryl methyl sites for hydroxylation is 2. The van der Waals surface area contributed by atoms with E-state index in [9.17, 15) is 0 Å². The minimum atomic E-state index is 0.518. The van der Waals surface area contributed by atoms with Crippen molar-refractivity contribution in [3.8, 4) is 10.7 Å². The number of anilines is 1. The monoisotopic (exact) mass is 256 g/mol. The molecule has 1 aromatic carbocycles. The lowest BCUT2D eigenvalue weighted by atomic mass is 10.1. The first kappa shape index (κ1) is 11.1. The standard InChI is InChI=1S/C13H12N4S/c1-7-4-3-5-9-11(7)16-13(17-12(9)14)10-6-15-8(2)18-10/h3-6H,1-2H3,(H2,14,16,17). The Bertz CT molecular complexity index is 733. The Morgan fingerprint density at radius 3 is 2.72 bits per heavy atom. The van der Waals surface area contributed by atoms with Crippen molar-refractivity contribution in [3.05, 3.63) is 35.0 Å². The molecule has 0 aliphatic carbocycles. The summed E-state index contributed by atoms with van der Waals surface area (Å²) in [7, 11) is 0. The van der Waals surface area contributed by atoms with E-state index in [1.165, 1.54) is 0 Å². The number of para-hydroxylation sites is 1. The Morgan fingerprint density at radius 2 is 2.00 bits per heavy atom. The Labute approximate surface area is 109 Å². The molecule has 0 aliphatic heterocycles. The fourth-order valence-electron chi connectivity index (χ4n) is 1.89. The summed E-state index contributed by atoms with van der Waals surface area (Å²) in [5.41, 5.74) is 8.01. The van der Waals surface area contributed by atoms with Crippen LogP contribution in [0.15, 0.2) is 24.4 Å². The average molecular weight is 256 g/mol. The molecule has 2 heterocycles. The average Bonchev–Trinajstić information content (AvgIpc) is 2.77. The van der Waals surface area contributed by atoms with E-state index in [4.69, 9.17) is 5.73 Å². The maximum absolute atomic E-state index is 6.00. The van der Waals surface area contributed by atoms with E-state index in [2.05, 4.69) is 15.0 Å². The van der Waals surface area contributed by atoms with Crippen LogP contribution in [0.1, 0.15) is 10.6 Å². The van der Waals surface area contributed by atoms with Gasteiger partial charge in [-0.05, 0) is 25.5 Å². The van der Waals surface area contributed by atoms with Crippen molar-refractivity contribution in [2.75, 3.05) is 5.73 Å². The van der Waals surface area contributed by atoms with Crippen molar-refractivity contribution in [3.63, 3.8) is 0 Å². The minimum Gasteiger partial charge on any atom is -0.383 e. The van der Waals surface area contributed by atoms with Gasteiger partial charge in [0.2, 0.25) is 0 Å². The van der Waals surface area contributed by atoms with Gasteiger partial charge in [0, 0.05) is 11.6 Å². The van der Waals surface area contributed by atoms with Crippen LogP contribution in [0.25, 0.3) is 21.6 Å². The maximum atomic E-state index is 6.00. The lowest BCUT2D eigenvalue weighted by Crippen LogP contribution is -1.98. The van der Waals surface area contributed by atoms with E-state index in [1.807, 2.05) is 32.0 Å². The summed E-state index contributed by atoms with van der Waals surface area (Å²) in [4.78, 5) is 14.1. The van der Waals surface area contributed by atoms with E-state index in [0.29, 0.717) is 11.6 Å². The third kappa shape index (κ3) is 1.73. The Morgan fingerprint density at radius 1 is 1.17 bits per heavy atom. The number of benzene rings is 1. The second-order valence-electron chi connectivity index (χ2n) is 4.15. The third-order valence-corrected chi connectivity index (χ3v) is 3.71. The molecule has 0 bridgehead atoms. The van der Waals surface area contributed by atoms with E-state index in [1.54, 1.807) is 17.5 Å². The number of aromatic nitrogens is 3. The Hall–Kier alpha value is -2.01. The van der Waals surface area contributed by atoms with Gasteiger partial charge in [-0.15, -0.1) is 11.3 Å². The zero-order valence-electron chi connectivity index (χ0n) is 10.1. The van der Waals surface area contributed by atoms with E-state index in [-0.39, 0.29) is 0 Å². The molecule has 0 fully saturated rings. The third-order valence-electron chi connectivity index (χ3n) is 2.80. The SMILES string of the molecule is Cc1ncc(-c2nc(N)c3cccc(C)c3n2)s1. The first-order valence-electron chi connectivity index (χ1n) is 5.61. The molecular weight excluding hydrogens is 244 g/mol. The molecule has 2 N–H and O–H groups in total. The molecule has 0 unspecified atom stereocenters. The highest BCUT2D eigenvalue weighted by molar-refractivity contribution is 7.14. The lowest BCUT2D eigenvalue weighted by Gasteiger charge is -2.05. The van der Waals surface area contributed by atoms with Crippen LogP contribution in [0.3, 0.4) is 0 Å². The van der Waals surface area contributed by atoms with Crippen molar-refractivity contribution in [1.29, 1.82) is 0 Å². The Balaban J connectivity index is 2.29. The van der Waals surface area contributed by atoms with Crippen molar-refractivity contribution in [2.45, 2.75) is 13.8 Å². The molecule has 18 heavy (non-hydrogen) atoms. The van der Waals surface area contributed by atoms with Crippen LogP contribution in [0.5, 0.6) is 0 Å². The van der Waals surface area contributed by atoms with Crippen molar-refractivity contribution >= 4 is 28.1 Å². The molecule has 0 spiro atoms. The van der Waals surface area contributed by atoms with Crippen molar-refractivity contribution in [1.82, 2.24) is 15.0 Å². The molecule has 0 saturated carbocycles.